The molecule has 0 amide bonds. The van der Waals surface area contributed by atoms with Crippen LogP contribution in [0.1, 0.15) is 0 Å². The summed E-state index contributed by atoms with van der Waals surface area (Å²) in [6.45, 7) is 0. The Morgan fingerprint density at radius 1 is 0.600 bits per heavy atom. The zero-order chi connectivity index (χ0) is 0. The van der Waals surface area contributed by atoms with E-state index in [2.05, 4.69) is 0 Å². The first kappa shape index (κ1) is 59.8. The third-order valence-corrected chi connectivity index (χ3v) is 0. The third-order valence-electron chi connectivity index (χ3n) is 0. The first-order valence-electron chi connectivity index (χ1n) is 0. The SMILES string of the molecule is Cl.Cl.Cl.[Fe].[Ti]. The van der Waals surface area contributed by atoms with E-state index in [0.717, 1.165) is 0 Å². The van der Waals surface area contributed by atoms with Crippen LogP contribution in [-0.4, -0.2) is 0 Å². The van der Waals surface area contributed by atoms with Gasteiger partial charge in [0.15, 0.2) is 0 Å². The van der Waals surface area contributed by atoms with E-state index in [-0.39, 0.29) is 76.0 Å². The standard InChI is InChI=1S/3ClH.Fe.Ti/h3*1H;;. The van der Waals surface area contributed by atoms with E-state index in [1.165, 1.54) is 0 Å². The van der Waals surface area contributed by atoms with Crippen molar-refractivity contribution < 1.29 is 38.8 Å². The first-order chi connectivity index (χ1) is 0. The number of halogens is 3. The number of hydrogen-bond donors (Lipinski definition) is 0. The molecule has 0 saturated heterocycles. The molecule has 36 valence electrons. The Hall–Kier alpha value is 2.10. The third kappa shape index (κ3) is 23.2. The molecule has 0 rings (SSSR count). The molecule has 0 aliphatic carbocycles. The van der Waals surface area contributed by atoms with Gasteiger partial charge in [-0.1, -0.05) is 0 Å². The van der Waals surface area contributed by atoms with Crippen LogP contribution in [0.3, 0.4) is 0 Å². The van der Waals surface area contributed by atoms with Crippen LogP contribution in [0.15, 0.2) is 0 Å². The Kier molecular flexibility index (Phi) is 430. The Bertz CT molecular complexity index is 6.85. The van der Waals surface area contributed by atoms with E-state index in [9.17, 15) is 0 Å². The maximum absolute atomic E-state index is 0. The predicted octanol–water partition coefficient (Wildman–Crippen LogP) is 1.26. The first-order valence-corrected chi connectivity index (χ1v) is 0. The molecular weight excluding hydrogens is 210 g/mol. The summed E-state index contributed by atoms with van der Waals surface area (Å²) < 4.78 is 0. The van der Waals surface area contributed by atoms with Crippen LogP contribution < -0.4 is 0 Å². The molecule has 0 heterocycles. The normalized spacial score (nSPS) is 0. The molecule has 0 unspecified atom stereocenters. The zero-order valence-electron chi connectivity index (χ0n) is 2.08. The smallest absolute Gasteiger partial charge is 0 e. The monoisotopic (exact) mass is 212 g/mol. The fraction of sp³-hybridized carbons (Fsp3) is 0. The summed E-state index contributed by atoms with van der Waals surface area (Å²) in [6.07, 6.45) is 0. The van der Waals surface area contributed by atoms with Crippen LogP contribution >= 0.6 is 37.2 Å². The maximum Gasteiger partial charge on any atom is 0 e. The van der Waals surface area contributed by atoms with Crippen LogP contribution in [0.4, 0.5) is 0 Å². The van der Waals surface area contributed by atoms with Gasteiger partial charge in [0.05, 0.1) is 0 Å². The van der Waals surface area contributed by atoms with Crippen LogP contribution in [-0.2, 0) is 38.8 Å². The fourth-order valence-electron chi connectivity index (χ4n) is 0. The Morgan fingerprint density at radius 2 is 0.600 bits per heavy atom. The van der Waals surface area contributed by atoms with Gasteiger partial charge in [0.1, 0.15) is 0 Å². The van der Waals surface area contributed by atoms with Gasteiger partial charge in [-0.3, -0.25) is 0 Å². The van der Waals surface area contributed by atoms with Crippen LogP contribution in [0, 0.1) is 0 Å². The molecule has 0 radical (unpaired) electrons. The molecule has 0 atom stereocenters. The topological polar surface area (TPSA) is 0 Å². The van der Waals surface area contributed by atoms with E-state index in [0.29, 0.717) is 0 Å². The fourth-order valence-corrected chi connectivity index (χ4v) is 0. The summed E-state index contributed by atoms with van der Waals surface area (Å²) in [7, 11) is 0. The van der Waals surface area contributed by atoms with Crippen molar-refractivity contribution in [1.82, 2.24) is 0 Å². The molecule has 0 nitrogen and oxygen atoms in total. The van der Waals surface area contributed by atoms with Crippen LogP contribution in [0.25, 0.3) is 0 Å². The summed E-state index contributed by atoms with van der Waals surface area (Å²) in [6, 6.07) is 0. The van der Waals surface area contributed by atoms with Crippen molar-refractivity contribution in [2.75, 3.05) is 0 Å². The van der Waals surface area contributed by atoms with Gasteiger partial charge < -0.3 is 0 Å². The minimum absolute atomic E-state index is 0. The molecule has 0 aliphatic rings. The van der Waals surface area contributed by atoms with Crippen molar-refractivity contribution in [3.05, 3.63) is 0 Å². The molecule has 0 aromatic rings. The summed E-state index contributed by atoms with van der Waals surface area (Å²) in [5.74, 6) is 0. The summed E-state index contributed by atoms with van der Waals surface area (Å²) in [4.78, 5) is 0. The summed E-state index contributed by atoms with van der Waals surface area (Å²) in [5.41, 5.74) is 0. The molecule has 0 bridgehead atoms. The van der Waals surface area contributed by atoms with Crippen molar-refractivity contribution in [3.63, 3.8) is 0 Å². The number of rotatable bonds is 0. The second kappa shape index (κ2) is 35.9. The maximum atomic E-state index is 0. The van der Waals surface area contributed by atoms with Crippen LogP contribution in [0.5, 0.6) is 0 Å². The van der Waals surface area contributed by atoms with E-state index in [4.69, 9.17) is 0 Å². The van der Waals surface area contributed by atoms with Gasteiger partial charge in [-0.15, -0.1) is 37.2 Å². The molecule has 0 spiro atoms. The van der Waals surface area contributed by atoms with Gasteiger partial charge in [0, 0.05) is 38.8 Å². The average Bonchev–Trinajstić information content (AvgIpc) is 0. The molecule has 0 aromatic carbocycles. The van der Waals surface area contributed by atoms with E-state index < -0.39 is 0 Å². The Balaban J connectivity index is 0. The molecule has 0 aliphatic heterocycles. The largest absolute Gasteiger partial charge is 0.147 e. The van der Waals surface area contributed by atoms with E-state index >= 15 is 0 Å². The molecule has 0 N–H and O–H groups in total. The van der Waals surface area contributed by atoms with E-state index in [1.54, 1.807) is 0 Å². The molecular formula is H3Cl3FeTi. The minimum atomic E-state index is 0. The quantitative estimate of drug-likeness (QED) is 0.531. The van der Waals surface area contributed by atoms with E-state index in [1.807, 2.05) is 0 Å². The zero-order valence-corrected chi connectivity index (χ0v) is 7.19. The van der Waals surface area contributed by atoms with Crippen molar-refractivity contribution in [1.29, 1.82) is 0 Å². The van der Waals surface area contributed by atoms with Gasteiger partial charge in [-0.25, -0.2) is 0 Å². The number of hydrogen-bond acceptors (Lipinski definition) is 0. The summed E-state index contributed by atoms with van der Waals surface area (Å²) in [5, 5.41) is 0. The van der Waals surface area contributed by atoms with Gasteiger partial charge in [0.25, 0.3) is 0 Å². The van der Waals surface area contributed by atoms with Crippen molar-refractivity contribution in [3.8, 4) is 0 Å². The van der Waals surface area contributed by atoms with Gasteiger partial charge in [0.2, 0.25) is 0 Å². The molecule has 0 fully saturated rings. The predicted molar refractivity (Wildman–Crippen MR) is 21.7 cm³/mol. The van der Waals surface area contributed by atoms with Gasteiger partial charge >= 0.3 is 0 Å². The van der Waals surface area contributed by atoms with Gasteiger partial charge in [-0.05, 0) is 0 Å². The summed E-state index contributed by atoms with van der Waals surface area (Å²) >= 11 is 0. The van der Waals surface area contributed by atoms with Crippen molar-refractivity contribution >= 4 is 37.2 Å². The Labute approximate surface area is 75.4 Å². The van der Waals surface area contributed by atoms with Crippen LogP contribution in [0.2, 0.25) is 0 Å². The molecule has 0 aromatic heterocycles. The molecule has 5 heteroatoms. The van der Waals surface area contributed by atoms with Crippen molar-refractivity contribution in [2.24, 2.45) is 0 Å². The Morgan fingerprint density at radius 3 is 0.600 bits per heavy atom. The molecule has 0 saturated carbocycles. The van der Waals surface area contributed by atoms with Crippen molar-refractivity contribution in [2.45, 2.75) is 0 Å². The molecule has 5 heavy (non-hydrogen) atoms. The average molecular weight is 213 g/mol. The minimum Gasteiger partial charge on any atom is -0.147 e. The second-order valence-electron chi connectivity index (χ2n) is 0. The second-order valence-corrected chi connectivity index (χ2v) is 0. The van der Waals surface area contributed by atoms with Gasteiger partial charge in [-0.2, -0.15) is 0 Å².